The molecule has 2 aromatic rings. The van der Waals surface area contributed by atoms with E-state index >= 15 is 0 Å². The first-order valence-electron chi connectivity index (χ1n) is 5.80. The molecule has 0 heterocycles. The van der Waals surface area contributed by atoms with Gasteiger partial charge >= 0.3 is 0 Å². The largest absolute Gasteiger partial charge is 0.366 e. The number of amides is 1. The van der Waals surface area contributed by atoms with Crippen LogP contribution in [0.15, 0.2) is 42.5 Å². The fourth-order valence-electron chi connectivity index (χ4n) is 1.70. The van der Waals surface area contributed by atoms with Gasteiger partial charge in [0.2, 0.25) is 5.91 Å². The molecule has 0 fully saturated rings. The highest BCUT2D eigenvalue weighted by atomic mass is 16.1. The van der Waals surface area contributed by atoms with Crippen molar-refractivity contribution in [2.45, 2.75) is 13.8 Å². The Hall–Kier alpha value is -2.29. The van der Waals surface area contributed by atoms with E-state index < -0.39 is 5.91 Å². The lowest BCUT2D eigenvalue weighted by Gasteiger charge is -2.09. The van der Waals surface area contributed by atoms with Crippen molar-refractivity contribution in [3.8, 4) is 0 Å². The average molecular weight is 240 g/mol. The second kappa shape index (κ2) is 4.92. The van der Waals surface area contributed by atoms with Crippen molar-refractivity contribution in [2.75, 3.05) is 5.32 Å². The summed E-state index contributed by atoms with van der Waals surface area (Å²) in [5.41, 5.74) is 10.2. The highest BCUT2D eigenvalue weighted by Gasteiger charge is 2.00. The van der Waals surface area contributed by atoms with Crippen molar-refractivity contribution in [3.05, 3.63) is 59.2 Å². The molecule has 3 nitrogen and oxygen atoms in total. The lowest BCUT2D eigenvalue weighted by molar-refractivity contribution is 0.100. The number of anilines is 2. The average Bonchev–Trinajstić information content (AvgIpc) is 2.34. The van der Waals surface area contributed by atoms with Gasteiger partial charge in [-0.15, -0.1) is 0 Å². The minimum Gasteiger partial charge on any atom is -0.366 e. The molecule has 3 heteroatoms. The number of rotatable bonds is 3. The number of primary amides is 1. The van der Waals surface area contributed by atoms with E-state index in [1.165, 1.54) is 11.1 Å². The number of nitrogens with one attached hydrogen (secondary N) is 1. The second-order valence-corrected chi connectivity index (χ2v) is 4.37. The highest BCUT2D eigenvalue weighted by molar-refractivity contribution is 5.93. The molecule has 18 heavy (non-hydrogen) atoms. The number of carbonyl (C=O) groups excluding carboxylic acids is 1. The molecule has 1 amide bonds. The minimum absolute atomic E-state index is 0.410. The maximum atomic E-state index is 11.0. The molecule has 2 rings (SSSR count). The van der Waals surface area contributed by atoms with Gasteiger partial charge in [-0.3, -0.25) is 4.79 Å². The Balaban J connectivity index is 2.18. The Kier molecular flexibility index (Phi) is 3.33. The Labute approximate surface area is 107 Å². The third-order valence-corrected chi connectivity index (χ3v) is 2.97. The number of carbonyl (C=O) groups is 1. The molecular formula is C15H16N2O. The highest BCUT2D eigenvalue weighted by Crippen LogP contribution is 2.19. The van der Waals surface area contributed by atoms with Crippen molar-refractivity contribution < 1.29 is 4.79 Å². The molecule has 0 bridgehead atoms. The van der Waals surface area contributed by atoms with E-state index in [2.05, 4.69) is 31.3 Å². The van der Waals surface area contributed by atoms with Gasteiger partial charge in [0.25, 0.3) is 0 Å². The Morgan fingerprint density at radius 1 is 0.944 bits per heavy atom. The monoisotopic (exact) mass is 240 g/mol. The van der Waals surface area contributed by atoms with E-state index in [1.54, 1.807) is 12.1 Å². The molecule has 0 aliphatic carbocycles. The first-order valence-corrected chi connectivity index (χ1v) is 5.80. The van der Waals surface area contributed by atoms with Crippen molar-refractivity contribution in [1.29, 1.82) is 0 Å². The standard InChI is InChI=1S/C15H16N2O/c1-10-3-6-14(9-11(10)2)17-13-7-4-12(5-8-13)15(16)18/h3-9,17H,1-2H3,(H2,16,18). The van der Waals surface area contributed by atoms with Gasteiger partial charge in [-0.1, -0.05) is 6.07 Å². The summed E-state index contributed by atoms with van der Waals surface area (Å²) in [6, 6.07) is 13.3. The zero-order valence-corrected chi connectivity index (χ0v) is 10.5. The first-order chi connectivity index (χ1) is 8.56. The number of nitrogens with two attached hydrogens (primary N) is 1. The Bertz CT molecular complexity index is 574. The van der Waals surface area contributed by atoms with Gasteiger partial charge in [0.1, 0.15) is 0 Å². The van der Waals surface area contributed by atoms with Crippen molar-refractivity contribution >= 4 is 17.3 Å². The van der Waals surface area contributed by atoms with Crippen LogP contribution in [0.4, 0.5) is 11.4 Å². The van der Waals surface area contributed by atoms with Crippen LogP contribution >= 0.6 is 0 Å². The minimum atomic E-state index is -0.410. The van der Waals surface area contributed by atoms with Crippen LogP contribution in [-0.4, -0.2) is 5.91 Å². The predicted octanol–water partition coefficient (Wildman–Crippen LogP) is 3.15. The van der Waals surface area contributed by atoms with E-state index in [1.807, 2.05) is 18.2 Å². The Morgan fingerprint density at radius 2 is 1.56 bits per heavy atom. The molecule has 92 valence electrons. The molecule has 0 atom stereocenters. The normalized spacial score (nSPS) is 10.1. The van der Waals surface area contributed by atoms with Crippen LogP contribution in [0.25, 0.3) is 0 Å². The summed E-state index contributed by atoms with van der Waals surface area (Å²) < 4.78 is 0. The van der Waals surface area contributed by atoms with E-state index in [9.17, 15) is 4.79 Å². The lowest BCUT2D eigenvalue weighted by atomic mass is 10.1. The second-order valence-electron chi connectivity index (χ2n) is 4.37. The summed E-state index contributed by atoms with van der Waals surface area (Å²) in [5.74, 6) is -0.410. The van der Waals surface area contributed by atoms with Crippen molar-refractivity contribution in [1.82, 2.24) is 0 Å². The van der Waals surface area contributed by atoms with E-state index in [-0.39, 0.29) is 0 Å². The van der Waals surface area contributed by atoms with Crippen LogP contribution < -0.4 is 11.1 Å². The number of hydrogen-bond donors (Lipinski definition) is 2. The van der Waals surface area contributed by atoms with Gasteiger partial charge in [0, 0.05) is 16.9 Å². The van der Waals surface area contributed by atoms with Crippen LogP contribution in [0, 0.1) is 13.8 Å². The summed E-state index contributed by atoms with van der Waals surface area (Å²) in [5, 5.41) is 3.29. The van der Waals surface area contributed by atoms with Crippen LogP contribution in [-0.2, 0) is 0 Å². The van der Waals surface area contributed by atoms with Gasteiger partial charge < -0.3 is 11.1 Å². The number of benzene rings is 2. The van der Waals surface area contributed by atoms with E-state index in [4.69, 9.17) is 5.73 Å². The summed E-state index contributed by atoms with van der Waals surface area (Å²) in [7, 11) is 0. The van der Waals surface area contributed by atoms with Crippen molar-refractivity contribution in [2.24, 2.45) is 5.73 Å². The molecule has 0 unspecified atom stereocenters. The molecule has 2 aromatic carbocycles. The quantitative estimate of drug-likeness (QED) is 0.865. The molecule has 0 saturated heterocycles. The van der Waals surface area contributed by atoms with E-state index in [0.717, 1.165) is 11.4 Å². The summed E-state index contributed by atoms with van der Waals surface area (Å²) in [6.07, 6.45) is 0. The van der Waals surface area contributed by atoms with Crippen LogP contribution in [0.3, 0.4) is 0 Å². The van der Waals surface area contributed by atoms with Gasteiger partial charge in [-0.2, -0.15) is 0 Å². The SMILES string of the molecule is Cc1ccc(Nc2ccc(C(N)=O)cc2)cc1C. The van der Waals surface area contributed by atoms with Gasteiger partial charge in [0.05, 0.1) is 0 Å². The fraction of sp³-hybridized carbons (Fsp3) is 0.133. The fourth-order valence-corrected chi connectivity index (χ4v) is 1.70. The number of hydrogen-bond acceptors (Lipinski definition) is 2. The van der Waals surface area contributed by atoms with Gasteiger partial charge in [-0.25, -0.2) is 0 Å². The molecule has 0 aliphatic rings. The maximum absolute atomic E-state index is 11.0. The van der Waals surface area contributed by atoms with Crippen LogP contribution in [0.2, 0.25) is 0 Å². The molecule has 0 aliphatic heterocycles. The van der Waals surface area contributed by atoms with Gasteiger partial charge in [-0.05, 0) is 61.4 Å². The topological polar surface area (TPSA) is 55.1 Å². The zero-order chi connectivity index (χ0) is 13.1. The lowest BCUT2D eigenvalue weighted by Crippen LogP contribution is -2.10. The summed E-state index contributed by atoms with van der Waals surface area (Å²) in [6.45, 7) is 4.16. The molecule has 0 aromatic heterocycles. The van der Waals surface area contributed by atoms with Crippen LogP contribution in [0.5, 0.6) is 0 Å². The Morgan fingerprint density at radius 3 is 2.11 bits per heavy atom. The molecule has 0 spiro atoms. The smallest absolute Gasteiger partial charge is 0.248 e. The third-order valence-electron chi connectivity index (χ3n) is 2.97. The number of aryl methyl sites for hydroxylation is 2. The maximum Gasteiger partial charge on any atom is 0.248 e. The van der Waals surface area contributed by atoms with Crippen LogP contribution in [0.1, 0.15) is 21.5 Å². The molecule has 3 N–H and O–H groups in total. The summed E-state index contributed by atoms with van der Waals surface area (Å²) >= 11 is 0. The van der Waals surface area contributed by atoms with E-state index in [0.29, 0.717) is 5.56 Å². The molecule has 0 radical (unpaired) electrons. The van der Waals surface area contributed by atoms with Gasteiger partial charge in [0.15, 0.2) is 0 Å². The third kappa shape index (κ3) is 2.69. The molecule has 0 saturated carbocycles. The first kappa shape index (κ1) is 12.2. The zero-order valence-electron chi connectivity index (χ0n) is 10.5. The van der Waals surface area contributed by atoms with Crippen molar-refractivity contribution in [3.63, 3.8) is 0 Å². The molecular weight excluding hydrogens is 224 g/mol. The predicted molar refractivity (Wildman–Crippen MR) is 74.2 cm³/mol. The summed E-state index contributed by atoms with van der Waals surface area (Å²) in [4.78, 5) is 11.0.